The highest BCUT2D eigenvalue weighted by Crippen LogP contribution is 2.59. The van der Waals surface area contributed by atoms with Crippen molar-refractivity contribution >= 4 is 70.4 Å². The summed E-state index contributed by atoms with van der Waals surface area (Å²) in [5, 5.41) is 14.9. The number of amides is 5. The summed E-state index contributed by atoms with van der Waals surface area (Å²) in [6.45, 7) is 4.82. The van der Waals surface area contributed by atoms with Gasteiger partial charge in [0.05, 0.1) is 42.6 Å². The maximum Gasteiger partial charge on any atom is 0.276 e. The van der Waals surface area contributed by atoms with Crippen molar-refractivity contribution in [3.8, 4) is 0 Å². The van der Waals surface area contributed by atoms with Crippen LogP contribution in [0.15, 0.2) is 41.5 Å². The predicted molar refractivity (Wildman–Crippen MR) is 237 cm³/mol. The molecular formula is C45H53ClN10O9. The van der Waals surface area contributed by atoms with E-state index in [4.69, 9.17) is 21.1 Å². The van der Waals surface area contributed by atoms with Crippen molar-refractivity contribution in [2.24, 2.45) is 16.7 Å². The van der Waals surface area contributed by atoms with Gasteiger partial charge in [0.25, 0.3) is 23.3 Å². The summed E-state index contributed by atoms with van der Waals surface area (Å²) in [5.41, 5.74) is 0.753. The number of pyridine rings is 1. The first kappa shape index (κ1) is 44.4. The van der Waals surface area contributed by atoms with Gasteiger partial charge in [-0.05, 0) is 92.9 Å². The number of ether oxygens (including phenoxy) is 2. The van der Waals surface area contributed by atoms with Crippen molar-refractivity contribution in [1.82, 2.24) is 35.0 Å². The minimum atomic E-state index is -1.07. The van der Waals surface area contributed by atoms with Gasteiger partial charge in [-0.3, -0.25) is 43.1 Å². The summed E-state index contributed by atoms with van der Waals surface area (Å²) in [5.74, 6) is -1.60. The van der Waals surface area contributed by atoms with Crippen LogP contribution in [-0.2, 0) is 29.5 Å². The Hall–Kier alpha value is -5.76. The largest absolute Gasteiger partial charge is 0.383 e. The molecule has 5 N–H and O–H groups in total. The molecule has 0 radical (unpaired) electrons. The zero-order valence-electron chi connectivity index (χ0n) is 36.2. The van der Waals surface area contributed by atoms with Gasteiger partial charge in [0.1, 0.15) is 47.3 Å². The number of fused-ring (bicyclic) bond motifs is 3. The third kappa shape index (κ3) is 8.73. The van der Waals surface area contributed by atoms with E-state index in [1.165, 1.54) is 32.3 Å². The quantitative estimate of drug-likeness (QED) is 0.0660. The van der Waals surface area contributed by atoms with Crippen molar-refractivity contribution in [2.45, 2.75) is 75.9 Å². The number of likely N-dealkylation sites (N-methyl/N-ethyl adjacent to an activating group) is 1. The number of hydrogen-bond acceptors (Lipinski definition) is 14. The van der Waals surface area contributed by atoms with Crippen molar-refractivity contribution < 1.29 is 38.2 Å². The Labute approximate surface area is 379 Å². The standard InChI is InChI=1S/C45H53ClN10O9/c1-47-38(59)33(3-2-14-57)55-40(61)29-5-4-28(19-30(29)41(55)62)48-12-15-64-17-18-65-16-13-54-24-44(25-54)22-27(23-44)37(58)52-35-21-34(49-26-50-35)51-32-20-31(46)36-39(60)53-45(56(36)42(32)63)10-8-43(6-7-43)9-11-45/h4-5,14,19-21,26-27,33,48H,2-3,6-13,15-18,22-25H2,1H3,(H,47,59)(H,53,60)(H2,49,50,51,52,58). The van der Waals surface area contributed by atoms with Gasteiger partial charge in [-0.1, -0.05) is 11.6 Å². The van der Waals surface area contributed by atoms with Crippen LogP contribution in [0.3, 0.4) is 0 Å². The normalized spacial score (nSPS) is 20.2. The number of imide groups is 1. The van der Waals surface area contributed by atoms with E-state index in [2.05, 4.69) is 41.5 Å². The second-order valence-electron chi connectivity index (χ2n) is 18.4. The van der Waals surface area contributed by atoms with Gasteiger partial charge < -0.3 is 40.9 Å². The molecule has 5 heterocycles. The van der Waals surface area contributed by atoms with E-state index in [1.807, 2.05) is 0 Å². The topological polar surface area (TPSA) is 235 Å². The van der Waals surface area contributed by atoms with Crippen LogP contribution in [0.2, 0.25) is 5.02 Å². The number of nitrogens with one attached hydrogen (secondary N) is 5. The number of hydrogen-bond donors (Lipinski definition) is 5. The summed E-state index contributed by atoms with van der Waals surface area (Å²) in [6, 6.07) is 6.80. The molecule has 1 aromatic carbocycles. The van der Waals surface area contributed by atoms with Crippen LogP contribution in [0, 0.1) is 16.7 Å². The number of rotatable bonds is 19. The molecule has 1 saturated heterocycles. The lowest BCUT2D eigenvalue weighted by Crippen LogP contribution is -2.64. The number of aromatic nitrogens is 3. The lowest BCUT2D eigenvalue weighted by atomic mass is 9.57. The first-order chi connectivity index (χ1) is 31.4. The molecule has 9 rings (SSSR count). The fourth-order valence-corrected chi connectivity index (χ4v) is 10.7. The molecule has 2 aromatic heterocycles. The van der Waals surface area contributed by atoms with Gasteiger partial charge in [-0.15, -0.1) is 0 Å². The lowest BCUT2D eigenvalue weighted by molar-refractivity contribution is -0.140. The van der Waals surface area contributed by atoms with Crippen molar-refractivity contribution in [2.75, 3.05) is 75.6 Å². The molecular weight excluding hydrogens is 860 g/mol. The van der Waals surface area contributed by atoms with Gasteiger partial charge in [0, 0.05) is 57.3 Å². The van der Waals surface area contributed by atoms with E-state index in [1.54, 1.807) is 28.8 Å². The number of halogens is 1. The van der Waals surface area contributed by atoms with Crippen LogP contribution in [0.4, 0.5) is 23.0 Å². The number of anilines is 4. The minimum Gasteiger partial charge on any atom is -0.383 e. The van der Waals surface area contributed by atoms with Crippen LogP contribution in [-0.4, -0.2) is 126 Å². The monoisotopic (exact) mass is 912 g/mol. The molecule has 1 unspecified atom stereocenters. The zero-order chi connectivity index (χ0) is 45.5. The first-order valence-corrected chi connectivity index (χ1v) is 22.7. The van der Waals surface area contributed by atoms with Crippen LogP contribution < -0.4 is 32.1 Å². The molecule has 3 spiro atoms. The minimum absolute atomic E-state index is 0.0378. The molecule has 3 aliphatic heterocycles. The van der Waals surface area contributed by atoms with Crippen LogP contribution >= 0.6 is 11.6 Å². The Morgan fingerprint density at radius 2 is 1.62 bits per heavy atom. The molecule has 3 aromatic rings. The smallest absolute Gasteiger partial charge is 0.276 e. The second kappa shape index (κ2) is 17.9. The summed E-state index contributed by atoms with van der Waals surface area (Å²) < 4.78 is 13.0. The molecule has 3 saturated carbocycles. The van der Waals surface area contributed by atoms with Crippen LogP contribution in [0.1, 0.15) is 95.4 Å². The maximum absolute atomic E-state index is 13.9. The fourth-order valence-electron chi connectivity index (χ4n) is 10.4. The van der Waals surface area contributed by atoms with E-state index in [0.29, 0.717) is 74.8 Å². The van der Waals surface area contributed by atoms with Gasteiger partial charge in [-0.25, -0.2) is 9.97 Å². The maximum atomic E-state index is 13.9. The van der Waals surface area contributed by atoms with E-state index >= 15 is 0 Å². The number of carbonyl (C=O) groups is 6. The first-order valence-electron chi connectivity index (χ1n) is 22.3. The van der Waals surface area contributed by atoms with Gasteiger partial charge in [0.2, 0.25) is 11.8 Å². The number of benzene rings is 1. The molecule has 65 heavy (non-hydrogen) atoms. The van der Waals surface area contributed by atoms with Gasteiger partial charge >= 0.3 is 0 Å². The predicted octanol–water partition coefficient (Wildman–Crippen LogP) is 3.27. The number of likely N-dealkylation sites (tertiary alicyclic amines) is 1. The molecule has 20 heteroatoms. The highest BCUT2D eigenvalue weighted by molar-refractivity contribution is 6.34. The van der Waals surface area contributed by atoms with E-state index in [9.17, 15) is 33.6 Å². The molecule has 1 atom stereocenters. The van der Waals surface area contributed by atoms with E-state index in [-0.39, 0.29) is 69.1 Å². The fraction of sp³-hybridized carbons (Fsp3) is 0.533. The third-order valence-corrected chi connectivity index (χ3v) is 14.4. The summed E-state index contributed by atoms with van der Waals surface area (Å²) in [7, 11) is 1.42. The molecule has 19 nitrogen and oxygen atoms in total. The molecule has 4 fully saturated rings. The Bertz CT molecular complexity index is 2470. The summed E-state index contributed by atoms with van der Waals surface area (Å²) >= 11 is 6.61. The molecule has 344 valence electrons. The highest BCUT2D eigenvalue weighted by atomic mass is 35.5. The molecule has 3 aliphatic carbocycles. The Kier molecular flexibility index (Phi) is 12.2. The summed E-state index contributed by atoms with van der Waals surface area (Å²) in [6.07, 6.45) is 9.29. The SMILES string of the molecule is CNC(=O)C(CCC=O)N1C(=O)c2ccc(NCCOCCOCCN3CC4(CC(C(=O)Nc5cc(Nc6cc(Cl)c7n(c6=O)C6(CCC8(CC8)CC6)NC7=O)ncn5)C4)C3)cc2C1=O. The van der Waals surface area contributed by atoms with Crippen LogP contribution in [0.5, 0.6) is 0 Å². The number of carbonyl (C=O) groups excluding carboxylic acids is 6. The Morgan fingerprint density at radius 1 is 0.908 bits per heavy atom. The average Bonchev–Trinajstić information content (AvgIpc) is 3.90. The molecule has 6 aliphatic rings. The number of aldehydes is 1. The molecule has 5 amide bonds. The molecule has 0 bridgehead atoms. The van der Waals surface area contributed by atoms with Crippen molar-refractivity contribution in [3.63, 3.8) is 0 Å². The third-order valence-electron chi connectivity index (χ3n) is 14.1. The average molecular weight is 913 g/mol. The Morgan fingerprint density at radius 3 is 2.34 bits per heavy atom. The van der Waals surface area contributed by atoms with Crippen LogP contribution in [0.25, 0.3) is 0 Å². The lowest BCUT2D eigenvalue weighted by Gasteiger charge is -2.58. The second-order valence-corrected chi connectivity index (χ2v) is 18.8. The van der Waals surface area contributed by atoms with Gasteiger partial charge in [0.15, 0.2) is 0 Å². The Balaban J connectivity index is 0.653. The van der Waals surface area contributed by atoms with Crippen molar-refractivity contribution in [1.29, 1.82) is 0 Å². The summed E-state index contributed by atoms with van der Waals surface area (Å²) in [4.78, 5) is 101. The van der Waals surface area contributed by atoms with E-state index < -0.39 is 29.4 Å². The number of nitrogens with zero attached hydrogens (tertiary/aromatic N) is 5. The van der Waals surface area contributed by atoms with E-state index in [0.717, 1.165) is 50.2 Å². The van der Waals surface area contributed by atoms with Gasteiger partial charge in [-0.2, -0.15) is 0 Å². The van der Waals surface area contributed by atoms with Crippen molar-refractivity contribution in [3.05, 3.63) is 68.9 Å². The highest BCUT2D eigenvalue weighted by Gasteiger charge is 2.55. The zero-order valence-corrected chi connectivity index (χ0v) is 37.0.